The predicted octanol–water partition coefficient (Wildman–Crippen LogP) is 6.26. The second-order valence-corrected chi connectivity index (χ2v) is 6.20. The summed E-state index contributed by atoms with van der Waals surface area (Å²) in [7, 11) is 0. The average Bonchev–Trinajstić information content (AvgIpc) is 2.71. The third-order valence-electron chi connectivity index (χ3n) is 3.99. The molecule has 1 aromatic heterocycles. The zero-order chi connectivity index (χ0) is 21.8. The van der Waals surface area contributed by atoms with Crippen molar-refractivity contribution in [2.45, 2.75) is 19.0 Å². The molecule has 9 heteroatoms. The molecule has 0 aliphatic rings. The minimum Gasteiger partial charge on any atom is -0.472 e. The van der Waals surface area contributed by atoms with Crippen LogP contribution in [0.5, 0.6) is 5.88 Å². The first-order chi connectivity index (χ1) is 14.1. The van der Waals surface area contributed by atoms with E-state index in [0.717, 1.165) is 11.6 Å². The quantitative estimate of drug-likeness (QED) is 0.453. The van der Waals surface area contributed by atoms with Crippen LogP contribution in [0.4, 0.5) is 26.3 Å². The topological polar surface area (TPSA) is 35.0 Å². The molecule has 0 atom stereocenters. The van der Waals surface area contributed by atoms with Gasteiger partial charge in [0.05, 0.1) is 16.8 Å². The molecule has 2 aromatic carbocycles. The Balaban J connectivity index is 1.72. The fourth-order valence-corrected chi connectivity index (χ4v) is 2.56. The Bertz CT molecular complexity index is 1010. The van der Waals surface area contributed by atoms with Crippen molar-refractivity contribution >= 4 is 12.2 Å². The molecule has 3 nitrogen and oxygen atoms in total. The Morgan fingerprint density at radius 1 is 0.733 bits per heavy atom. The lowest BCUT2D eigenvalue weighted by atomic mass is 10.0. The van der Waals surface area contributed by atoms with Crippen molar-refractivity contribution in [2.24, 2.45) is 0 Å². The van der Waals surface area contributed by atoms with Crippen LogP contribution < -0.4 is 4.74 Å². The number of alkyl halides is 6. The molecule has 0 unspecified atom stereocenters. The SMILES string of the molecule is FC(F)(F)c1ccc(/C=C/c2ccc(OCc3ccccc3)nn2)cc1C(F)(F)F. The number of rotatable bonds is 5. The Hall–Kier alpha value is -3.36. The molecule has 0 aliphatic heterocycles. The van der Waals surface area contributed by atoms with Gasteiger partial charge in [-0.05, 0) is 35.4 Å². The second-order valence-electron chi connectivity index (χ2n) is 6.20. The van der Waals surface area contributed by atoms with Crippen LogP contribution in [0.2, 0.25) is 0 Å². The molecule has 0 amide bonds. The zero-order valence-corrected chi connectivity index (χ0v) is 15.2. The Labute approximate surface area is 167 Å². The van der Waals surface area contributed by atoms with Gasteiger partial charge >= 0.3 is 12.4 Å². The van der Waals surface area contributed by atoms with Crippen molar-refractivity contribution < 1.29 is 31.1 Å². The molecule has 3 aromatic rings. The van der Waals surface area contributed by atoms with Gasteiger partial charge in [-0.3, -0.25) is 0 Å². The lowest BCUT2D eigenvalue weighted by Gasteiger charge is -2.15. The molecule has 0 saturated heterocycles. The summed E-state index contributed by atoms with van der Waals surface area (Å²) in [6.07, 6.45) is -7.67. The van der Waals surface area contributed by atoms with Crippen LogP contribution in [-0.2, 0) is 19.0 Å². The summed E-state index contributed by atoms with van der Waals surface area (Å²) in [5.74, 6) is 0.255. The van der Waals surface area contributed by atoms with Crippen LogP contribution in [0.15, 0.2) is 60.7 Å². The van der Waals surface area contributed by atoms with Crippen LogP contribution in [0.1, 0.15) is 27.9 Å². The summed E-state index contributed by atoms with van der Waals surface area (Å²) >= 11 is 0. The van der Waals surface area contributed by atoms with E-state index in [1.807, 2.05) is 30.3 Å². The first kappa shape index (κ1) is 21.4. The van der Waals surface area contributed by atoms with E-state index < -0.39 is 23.5 Å². The van der Waals surface area contributed by atoms with Crippen LogP contribution in [0, 0.1) is 0 Å². The van der Waals surface area contributed by atoms with E-state index in [2.05, 4.69) is 10.2 Å². The van der Waals surface area contributed by atoms with Crippen molar-refractivity contribution in [3.05, 3.63) is 88.6 Å². The van der Waals surface area contributed by atoms with Gasteiger partial charge in [-0.25, -0.2) is 0 Å². The van der Waals surface area contributed by atoms with Crippen LogP contribution in [0.3, 0.4) is 0 Å². The third-order valence-corrected chi connectivity index (χ3v) is 3.99. The number of nitrogens with zero attached hydrogens (tertiary/aromatic N) is 2. The highest BCUT2D eigenvalue weighted by atomic mass is 19.4. The molecule has 0 saturated carbocycles. The standard InChI is InChI=1S/C21H14F6N2O/c22-20(23,24)17-10-7-14(12-18(17)21(25,26)27)6-8-16-9-11-19(29-28-16)30-13-15-4-2-1-3-5-15/h1-12H,13H2/b8-6+. The highest BCUT2D eigenvalue weighted by Crippen LogP contribution is 2.40. The average molecular weight is 424 g/mol. The summed E-state index contributed by atoms with van der Waals surface area (Å²) in [5, 5.41) is 7.73. The van der Waals surface area contributed by atoms with E-state index in [1.165, 1.54) is 24.3 Å². The van der Waals surface area contributed by atoms with Gasteiger partial charge in [-0.2, -0.15) is 26.3 Å². The number of hydrogen-bond donors (Lipinski definition) is 0. The zero-order valence-electron chi connectivity index (χ0n) is 15.2. The summed E-state index contributed by atoms with van der Waals surface area (Å²) in [5.41, 5.74) is -2.29. The van der Waals surface area contributed by atoms with Crippen molar-refractivity contribution in [2.75, 3.05) is 0 Å². The lowest BCUT2D eigenvalue weighted by Crippen LogP contribution is -2.16. The number of aromatic nitrogens is 2. The first-order valence-electron chi connectivity index (χ1n) is 8.60. The molecule has 0 radical (unpaired) electrons. The molecule has 0 aliphatic carbocycles. The van der Waals surface area contributed by atoms with E-state index in [9.17, 15) is 26.3 Å². The maximum atomic E-state index is 13.0. The van der Waals surface area contributed by atoms with Gasteiger partial charge in [0.15, 0.2) is 0 Å². The predicted molar refractivity (Wildman–Crippen MR) is 98.2 cm³/mol. The molecular formula is C21H14F6N2O. The minimum atomic E-state index is -5.13. The monoisotopic (exact) mass is 424 g/mol. The van der Waals surface area contributed by atoms with E-state index >= 15 is 0 Å². The van der Waals surface area contributed by atoms with Gasteiger partial charge in [0, 0.05) is 6.07 Å². The van der Waals surface area contributed by atoms with Gasteiger partial charge in [0.2, 0.25) is 5.88 Å². The van der Waals surface area contributed by atoms with E-state index in [1.54, 1.807) is 0 Å². The van der Waals surface area contributed by atoms with Crippen LogP contribution >= 0.6 is 0 Å². The second kappa shape index (κ2) is 8.56. The summed E-state index contributed by atoms with van der Waals surface area (Å²) in [6, 6.07) is 14.2. The van der Waals surface area contributed by atoms with E-state index in [0.29, 0.717) is 17.8 Å². The summed E-state index contributed by atoms with van der Waals surface area (Å²) < 4.78 is 82.9. The molecule has 0 spiro atoms. The summed E-state index contributed by atoms with van der Waals surface area (Å²) in [6.45, 7) is 0.288. The molecular weight excluding hydrogens is 410 g/mol. The number of benzene rings is 2. The molecule has 30 heavy (non-hydrogen) atoms. The number of hydrogen-bond acceptors (Lipinski definition) is 3. The van der Waals surface area contributed by atoms with Gasteiger partial charge in [-0.1, -0.05) is 42.5 Å². The molecule has 0 fully saturated rings. The summed E-state index contributed by atoms with van der Waals surface area (Å²) in [4.78, 5) is 0. The Kier molecular flexibility index (Phi) is 6.09. The Morgan fingerprint density at radius 3 is 2.03 bits per heavy atom. The van der Waals surface area contributed by atoms with Crippen molar-refractivity contribution in [1.29, 1.82) is 0 Å². The molecule has 0 bridgehead atoms. The number of ether oxygens (including phenoxy) is 1. The van der Waals surface area contributed by atoms with Gasteiger partial charge < -0.3 is 4.74 Å². The molecule has 0 N–H and O–H groups in total. The number of halogens is 6. The molecule has 156 valence electrons. The highest BCUT2D eigenvalue weighted by Gasteiger charge is 2.42. The van der Waals surface area contributed by atoms with Crippen molar-refractivity contribution in [1.82, 2.24) is 10.2 Å². The van der Waals surface area contributed by atoms with E-state index in [4.69, 9.17) is 4.74 Å². The normalized spacial score (nSPS) is 12.3. The van der Waals surface area contributed by atoms with E-state index in [-0.39, 0.29) is 18.1 Å². The minimum absolute atomic E-state index is 0.0541. The van der Waals surface area contributed by atoms with Gasteiger partial charge in [0.1, 0.15) is 6.61 Å². The highest BCUT2D eigenvalue weighted by molar-refractivity contribution is 5.68. The first-order valence-corrected chi connectivity index (χ1v) is 8.60. The van der Waals surface area contributed by atoms with Gasteiger partial charge in [0.25, 0.3) is 0 Å². The smallest absolute Gasteiger partial charge is 0.417 e. The van der Waals surface area contributed by atoms with Crippen LogP contribution in [0.25, 0.3) is 12.2 Å². The molecule has 1 heterocycles. The lowest BCUT2D eigenvalue weighted by molar-refractivity contribution is -0.162. The maximum Gasteiger partial charge on any atom is 0.417 e. The van der Waals surface area contributed by atoms with Crippen molar-refractivity contribution in [3.63, 3.8) is 0 Å². The van der Waals surface area contributed by atoms with Crippen LogP contribution in [-0.4, -0.2) is 10.2 Å². The fourth-order valence-electron chi connectivity index (χ4n) is 2.56. The largest absolute Gasteiger partial charge is 0.472 e. The fraction of sp³-hybridized carbons (Fsp3) is 0.143. The Morgan fingerprint density at radius 2 is 1.43 bits per heavy atom. The van der Waals surface area contributed by atoms with Crippen molar-refractivity contribution in [3.8, 4) is 5.88 Å². The molecule has 3 rings (SSSR count). The van der Waals surface area contributed by atoms with Gasteiger partial charge in [-0.15, -0.1) is 10.2 Å². The third kappa shape index (κ3) is 5.59. The maximum absolute atomic E-state index is 13.0.